The van der Waals surface area contributed by atoms with E-state index < -0.39 is 5.91 Å². The van der Waals surface area contributed by atoms with Crippen molar-refractivity contribution in [3.63, 3.8) is 0 Å². The fraction of sp³-hybridized carbons (Fsp3) is 0.750. The lowest BCUT2D eigenvalue weighted by Gasteiger charge is -2.32. The zero-order valence-corrected chi connectivity index (χ0v) is 7.59. The van der Waals surface area contributed by atoms with E-state index in [0.29, 0.717) is 19.4 Å². The summed E-state index contributed by atoms with van der Waals surface area (Å²) >= 11 is 0. The molecule has 1 aliphatic rings. The third kappa shape index (κ3) is 2.69. The number of hydroxylamine groups is 1. The molecule has 5 nitrogen and oxygen atoms in total. The van der Waals surface area contributed by atoms with Gasteiger partial charge in [-0.2, -0.15) is 0 Å². The van der Waals surface area contributed by atoms with Crippen LogP contribution in [-0.2, 0) is 9.59 Å². The fourth-order valence-corrected chi connectivity index (χ4v) is 1.48. The molecule has 0 bridgehead atoms. The monoisotopic (exact) mass is 186 g/mol. The van der Waals surface area contributed by atoms with E-state index in [0.717, 1.165) is 0 Å². The zero-order valence-electron chi connectivity index (χ0n) is 7.59. The molecule has 1 unspecified atom stereocenters. The Kier molecular flexibility index (Phi) is 2.87. The number of piperidine rings is 1. The molecule has 0 aromatic carbocycles. The summed E-state index contributed by atoms with van der Waals surface area (Å²) in [6.07, 6.45) is 1.38. The molecule has 74 valence electrons. The highest BCUT2D eigenvalue weighted by atomic mass is 16.5. The minimum atomic E-state index is -0.404. The Bertz CT molecular complexity index is 217. The Morgan fingerprint density at radius 2 is 2.46 bits per heavy atom. The number of hydrogen-bond acceptors (Lipinski definition) is 3. The summed E-state index contributed by atoms with van der Waals surface area (Å²) in [6, 6.07) is 0. The molecule has 1 aliphatic heterocycles. The maximum atomic E-state index is 10.9. The van der Waals surface area contributed by atoms with Crippen molar-refractivity contribution < 1.29 is 14.8 Å². The minimum Gasteiger partial charge on any atom is -0.356 e. The molecule has 1 heterocycles. The van der Waals surface area contributed by atoms with E-state index in [1.807, 2.05) is 6.92 Å². The Balaban J connectivity index is 2.47. The molecule has 1 atom stereocenters. The summed E-state index contributed by atoms with van der Waals surface area (Å²) in [5.41, 5.74) is 1.38. The highest BCUT2D eigenvalue weighted by molar-refractivity contribution is 5.78. The number of nitrogens with one attached hydrogen (secondary N) is 2. The molecular weight excluding hydrogens is 172 g/mol. The van der Waals surface area contributed by atoms with Crippen LogP contribution in [0, 0.1) is 5.41 Å². The molecule has 2 amide bonds. The van der Waals surface area contributed by atoms with Crippen LogP contribution in [0.4, 0.5) is 0 Å². The first-order valence-electron chi connectivity index (χ1n) is 4.25. The molecule has 1 saturated heterocycles. The van der Waals surface area contributed by atoms with E-state index >= 15 is 0 Å². The second-order valence-electron chi connectivity index (χ2n) is 3.80. The third-order valence-corrected chi connectivity index (χ3v) is 2.38. The van der Waals surface area contributed by atoms with Gasteiger partial charge in [0.05, 0.1) is 0 Å². The quantitative estimate of drug-likeness (QED) is 0.412. The molecule has 5 heteroatoms. The molecule has 3 N–H and O–H groups in total. The summed E-state index contributed by atoms with van der Waals surface area (Å²) in [5, 5.41) is 11.0. The van der Waals surface area contributed by atoms with Crippen LogP contribution in [0.15, 0.2) is 0 Å². The van der Waals surface area contributed by atoms with Gasteiger partial charge in [-0.25, -0.2) is 5.48 Å². The lowest BCUT2D eigenvalue weighted by atomic mass is 9.79. The maximum Gasteiger partial charge on any atom is 0.243 e. The van der Waals surface area contributed by atoms with Crippen LogP contribution < -0.4 is 10.8 Å². The number of carbonyl (C=O) groups is 2. The van der Waals surface area contributed by atoms with Crippen molar-refractivity contribution >= 4 is 11.8 Å². The molecule has 0 radical (unpaired) electrons. The average Bonchev–Trinajstić information content (AvgIpc) is 2.10. The van der Waals surface area contributed by atoms with Gasteiger partial charge in [0, 0.05) is 19.4 Å². The molecule has 13 heavy (non-hydrogen) atoms. The van der Waals surface area contributed by atoms with Gasteiger partial charge in [-0.15, -0.1) is 0 Å². The third-order valence-electron chi connectivity index (χ3n) is 2.38. The summed E-state index contributed by atoms with van der Waals surface area (Å²) < 4.78 is 0. The number of carbonyl (C=O) groups excluding carboxylic acids is 2. The van der Waals surface area contributed by atoms with Gasteiger partial charge in [-0.3, -0.25) is 14.8 Å². The average molecular weight is 186 g/mol. The highest BCUT2D eigenvalue weighted by Gasteiger charge is 2.31. The van der Waals surface area contributed by atoms with Crippen LogP contribution in [0.25, 0.3) is 0 Å². The molecule has 1 fully saturated rings. The summed E-state index contributed by atoms with van der Waals surface area (Å²) in [5.74, 6) is -0.375. The largest absolute Gasteiger partial charge is 0.356 e. The number of rotatable bonds is 2. The SMILES string of the molecule is CC1(CC(=O)NO)CCC(=O)NC1. The van der Waals surface area contributed by atoms with Crippen LogP contribution in [0.2, 0.25) is 0 Å². The molecule has 0 aromatic rings. The van der Waals surface area contributed by atoms with Crippen LogP contribution in [0.1, 0.15) is 26.2 Å². The minimum absolute atomic E-state index is 0.0295. The Labute approximate surface area is 76.5 Å². The lowest BCUT2D eigenvalue weighted by molar-refractivity contribution is -0.133. The van der Waals surface area contributed by atoms with Crippen LogP contribution in [0.3, 0.4) is 0 Å². The molecular formula is C8H14N2O3. The summed E-state index contributed by atoms with van der Waals surface area (Å²) in [6.45, 7) is 2.42. The van der Waals surface area contributed by atoms with Crippen LogP contribution in [-0.4, -0.2) is 23.6 Å². The Hall–Kier alpha value is -1.10. The van der Waals surface area contributed by atoms with Crippen LogP contribution >= 0.6 is 0 Å². The van der Waals surface area contributed by atoms with Crippen molar-refractivity contribution in [1.82, 2.24) is 10.8 Å². The van der Waals surface area contributed by atoms with Gasteiger partial charge in [0.2, 0.25) is 11.8 Å². The van der Waals surface area contributed by atoms with Crippen LogP contribution in [0.5, 0.6) is 0 Å². The first kappa shape index (κ1) is 9.98. The lowest BCUT2D eigenvalue weighted by Crippen LogP contribution is -2.43. The first-order chi connectivity index (χ1) is 6.06. The smallest absolute Gasteiger partial charge is 0.243 e. The van der Waals surface area contributed by atoms with Gasteiger partial charge >= 0.3 is 0 Å². The highest BCUT2D eigenvalue weighted by Crippen LogP contribution is 2.29. The molecule has 0 aromatic heterocycles. The Morgan fingerprint density at radius 3 is 2.92 bits per heavy atom. The van der Waals surface area contributed by atoms with E-state index in [1.165, 1.54) is 0 Å². The van der Waals surface area contributed by atoms with Gasteiger partial charge in [0.1, 0.15) is 0 Å². The number of amides is 2. The van der Waals surface area contributed by atoms with E-state index in [-0.39, 0.29) is 17.7 Å². The molecule has 1 rings (SSSR count). The second kappa shape index (κ2) is 3.74. The van der Waals surface area contributed by atoms with Crippen molar-refractivity contribution in [2.24, 2.45) is 5.41 Å². The van der Waals surface area contributed by atoms with Crippen molar-refractivity contribution in [3.05, 3.63) is 0 Å². The maximum absolute atomic E-state index is 10.9. The standard InChI is InChI=1S/C8H14N2O3/c1-8(4-7(12)10-13)3-2-6(11)9-5-8/h13H,2-5H2,1H3,(H,9,11)(H,10,12). The predicted molar refractivity (Wildman–Crippen MR) is 44.9 cm³/mol. The van der Waals surface area contributed by atoms with Crippen molar-refractivity contribution in [1.29, 1.82) is 0 Å². The normalized spacial score (nSPS) is 28.0. The van der Waals surface area contributed by atoms with E-state index in [1.54, 1.807) is 5.48 Å². The predicted octanol–water partition coefficient (Wildman–Crippen LogP) is -0.202. The zero-order chi connectivity index (χ0) is 9.90. The van der Waals surface area contributed by atoms with Gasteiger partial charge in [0.25, 0.3) is 0 Å². The van der Waals surface area contributed by atoms with Crippen molar-refractivity contribution in [2.45, 2.75) is 26.2 Å². The second-order valence-corrected chi connectivity index (χ2v) is 3.80. The fourth-order valence-electron chi connectivity index (χ4n) is 1.48. The molecule has 0 aliphatic carbocycles. The topological polar surface area (TPSA) is 78.4 Å². The number of hydrogen-bond donors (Lipinski definition) is 3. The molecule has 0 saturated carbocycles. The summed E-state index contributed by atoms with van der Waals surface area (Å²) in [7, 11) is 0. The van der Waals surface area contributed by atoms with E-state index in [9.17, 15) is 9.59 Å². The van der Waals surface area contributed by atoms with Crippen molar-refractivity contribution in [2.75, 3.05) is 6.54 Å². The van der Waals surface area contributed by atoms with Gasteiger partial charge in [-0.1, -0.05) is 6.92 Å². The van der Waals surface area contributed by atoms with Crippen molar-refractivity contribution in [3.8, 4) is 0 Å². The molecule has 0 spiro atoms. The Morgan fingerprint density at radius 1 is 1.77 bits per heavy atom. The van der Waals surface area contributed by atoms with E-state index in [4.69, 9.17) is 5.21 Å². The van der Waals surface area contributed by atoms with Gasteiger partial charge < -0.3 is 5.32 Å². The van der Waals surface area contributed by atoms with E-state index in [2.05, 4.69) is 5.32 Å². The van der Waals surface area contributed by atoms with Gasteiger partial charge in [0.15, 0.2) is 0 Å². The van der Waals surface area contributed by atoms with Gasteiger partial charge in [-0.05, 0) is 11.8 Å². The first-order valence-corrected chi connectivity index (χ1v) is 4.25. The summed E-state index contributed by atoms with van der Waals surface area (Å²) in [4.78, 5) is 21.7.